The van der Waals surface area contributed by atoms with Gasteiger partial charge in [-0.25, -0.2) is 0 Å². The zero-order valence-electron chi connectivity index (χ0n) is 8.50. The number of aromatic nitrogens is 1. The number of carbonyl (C=O) groups is 1. The lowest BCUT2D eigenvalue weighted by Gasteiger charge is -2.07. The first-order valence-electron chi connectivity index (χ1n) is 4.22. The molecule has 0 saturated heterocycles. The molecule has 0 atom stereocenters. The molecule has 1 amide bonds. The van der Waals surface area contributed by atoms with Gasteiger partial charge in [0.05, 0.1) is 11.6 Å². The minimum absolute atomic E-state index is 0.267. The van der Waals surface area contributed by atoms with Gasteiger partial charge in [-0.05, 0) is 28.9 Å². The molecule has 1 aromatic rings. The minimum Gasteiger partial charge on any atom is -0.481 e. The molecule has 0 aromatic carbocycles. The van der Waals surface area contributed by atoms with Crippen molar-refractivity contribution in [3.05, 3.63) is 28.8 Å². The zero-order valence-corrected chi connectivity index (χ0v) is 10.1. The topological polar surface area (TPSA) is 51.2 Å². The second-order valence-electron chi connectivity index (χ2n) is 2.92. The van der Waals surface area contributed by atoms with Crippen LogP contribution in [0.15, 0.2) is 28.8 Å². The molecule has 0 aliphatic heterocycles. The molecule has 1 heterocycles. The van der Waals surface area contributed by atoms with Gasteiger partial charge in [-0.2, -0.15) is 4.98 Å². The maximum atomic E-state index is 11.4. The van der Waals surface area contributed by atoms with E-state index in [9.17, 15) is 4.79 Å². The van der Waals surface area contributed by atoms with E-state index in [1.165, 1.54) is 7.11 Å². The maximum absolute atomic E-state index is 11.4. The summed E-state index contributed by atoms with van der Waals surface area (Å²) in [4.78, 5) is 15.4. The number of hydrogen-bond donors (Lipinski definition) is 1. The van der Waals surface area contributed by atoms with Gasteiger partial charge >= 0.3 is 0 Å². The molecule has 0 saturated carbocycles. The number of amides is 1. The van der Waals surface area contributed by atoms with Crippen LogP contribution in [0.25, 0.3) is 0 Å². The molecule has 15 heavy (non-hydrogen) atoms. The predicted octanol–water partition coefficient (Wildman–Crippen LogP) is 2.37. The van der Waals surface area contributed by atoms with Crippen molar-refractivity contribution in [2.75, 3.05) is 12.4 Å². The summed E-state index contributed by atoms with van der Waals surface area (Å²) in [6, 6.07) is 3.44. The van der Waals surface area contributed by atoms with Crippen LogP contribution in [-0.4, -0.2) is 18.0 Å². The van der Waals surface area contributed by atoms with E-state index in [1.54, 1.807) is 19.1 Å². The Hall–Kier alpha value is -1.36. The molecular weight excluding hydrogens is 260 g/mol. The van der Waals surface area contributed by atoms with Crippen molar-refractivity contribution in [2.45, 2.75) is 6.92 Å². The van der Waals surface area contributed by atoms with E-state index in [-0.39, 0.29) is 5.91 Å². The molecule has 0 fully saturated rings. The molecular formula is C10H11BrN2O2. The van der Waals surface area contributed by atoms with Crippen molar-refractivity contribution in [1.82, 2.24) is 4.98 Å². The van der Waals surface area contributed by atoms with Crippen LogP contribution in [0.2, 0.25) is 0 Å². The van der Waals surface area contributed by atoms with Crippen LogP contribution in [0, 0.1) is 0 Å². The summed E-state index contributed by atoms with van der Waals surface area (Å²) in [5.41, 5.74) is 0.423. The van der Waals surface area contributed by atoms with Crippen LogP contribution in [0.3, 0.4) is 0 Å². The van der Waals surface area contributed by atoms with Gasteiger partial charge in [0, 0.05) is 11.6 Å². The fraction of sp³-hybridized carbons (Fsp3) is 0.200. The lowest BCUT2D eigenvalue weighted by atomic mass is 10.3. The number of nitrogens with one attached hydrogen (secondary N) is 1. The van der Waals surface area contributed by atoms with Crippen LogP contribution >= 0.6 is 15.9 Å². The molecule has 1 N–H and O–H groups in total. The van der Waals surface area contributed by atoms with Crippen molar-refractivity contribution < 1.29 is 9.53 Å². The van der Waals surface area contributed by atoms with E-state index >= 15 is 0 Å². The summed E-state index contributed by atoms with van der Waals surface area (Å²) in [5.74, 6) is 0.592. The number of nitrogens with zero attached hydrogens (tertiary/aromatic N) is 1. The number of pyridine rings is 1. The van der Waals surface area contributed by atoms with Crippen LogP contribution in [-0.2, 0) is 4.79 Å². The summed E-state index contributed by atoms with van der Waals surface area (Å²) in [6.45, 7) is 5.17. The molecule has 0 aliphatic carbocycles. The molecule has 0 spiro atoms. The third-order valence-corrected chi connectivity index (χ3v) is 2.29. The number of hydrogen-bond acceptors (Lipinski definition) is 3. The smallest absolute Gasteiger partial charge is 0.251 e. The molecule has 80 valence electrons. The second kappa shape index (κ2) is 4.93. The van der Waals surface area contributed by atoms with E-state index in [0.717, 1.165) is 0 Å². The average molecular weight is 271 g/mol. The Morgan fingerprint density at radius 3 is 2.80 bits per heavy atom. The molecule has 0 unspecified atom stereocenters. The summed E-state index contributed by atoms with van der Waals surface area (Å²) in [7, 11) is 1.51. The Morgan fingerprint density at radius 1 is 1.60 bits per heavy atom. The highest BCUT2D eigenvalue weighted by molar-refractivity contribution is 9.10. The molecule has 0 bridgehead atoms. The van der Waals surface area contributed by atoms with E-state index in [4.69, 9.17) is 4.74 Å². The van der Waals surface area contributed by atoms with Gasteiger partial charge in [-0.15, -0.1) is 0 Å². The average Bonchev–Trinajstić information content (AvgIpc) is 2.21. The van der Waals surface area contributed by atoms with Gasteiger partial charge in [0.2, 0.25) is 5.88 Å². The molecule has 4 nitrogen and oxygen atoms in total. The van der Waals surface area contributed by atoms with Crippen LogP contribution in [0.5, 0.6) is 5.88 Å². The lowest BCUT2D eigenvalue weighted by molar-refractivity contribution is -0.112. The van der Waals surface area contributed by atoms with Crippen LogP contribution in [0.4, 0.5) is 5.82 Å². The number of halogens is 1. The van der Waals surface area contributed by atoms with Crippen molar-refractivity contribution >= 4 is 27.7 Å². The molecule has 0 aliphatic rings. The van der Waals surface area contributed by atoms with Gasteiger partial charge in [0.25, 0.3) is 5.91 Å². The number of methoxy groups -OCH3 is 1. The Labute approximate surface area is 96.5 Å². The number of anilines is 1. The monoisotopic (exact) mass is 270 g/mol. The first-order valence-corrected chi connectivity index (χ1v) is 5.01. The molecule has 1 aromatic heterocycles. The van der Waals surface area contributed by atoms with Gasteiger partial charge in [0.15, 0.2) is 5.82 Å². The largest absolute Gasteiger partial charge is 0.481 e. The van der Waals surface area contributed by atoms with E-state index < -0.39 is 0 Å². The Kier molecular flexibility index (Phi) is 3.85. The lowest BCUT2D eigenvalue weighted by Crippen LogP contribution is -2.13. The summed E-state index contributed by atoms with van der Waals surface area (Å²) < 4.78 is 5.64. The highest BCUT2D eigenvalue weighted by Crippen LogP contribution is 2.23. The highest BCUT2D eigenvalue weighted by Gasteiger charge is 2.08. The van der Waals surface area contributed by atoms with Gasteiger partial charge in [-0.3, -0.25) is 4.79 Å². The van der Waals surface area contributed by atoms with Crippen molar-refractivity contribution in [1.29, 1.82) is 0 Å². The van der Waals surface area contributed by atoms with Gasteiger partial charge in [-0.1, -0.05) is 6.58 Å². The highest BCUT2D eigenvalue weighted by atomic mass is 79.9. The van der Waals surface area contributed by atoms with E-state index in [1.807, 2.05) is 0 Å². The van der Waals surface area contributed by atoms with Crippen LogP contribution in [0.1, 0.15) is 6.92 Å². The molecule has 5 heteroatoms. The number of ether oxygens (including phenoxy) is 1. The standard InChI is InChI=1S/C10H11BrN2O2/c1-6(2)10(14)13-9-7(11)4-5-8(12-9)15-3/h4-5H,1H2,2-3H3,(H,12,13,14). The van der Waals surface area contributed by atoms with E-state index in [2.05, 4.69) is 32.8 Å². The third-order valence-electron chi connectivity index (χ3n) is 1.65. The van der Waals surface area contributed by atoms with Gasteiger partial charge < -0.3 is 10.1 Å². The zero-order chi connectivity index (χ0) is 11.4. The predicted molar refractivity (Wildman–Crippen MR) is 61.9 cm³/mol. The quantitative estimate of drug-likeness (QED) is 0.858. The Balaban J connectivity index is 2.93. The normalized spacial score (nSPS) is 9.53. The SMILES string of the molecule is C=C(C)C(=O)Nc1nc(OC)ccc1Br. The minimum atomic E-state index is -0.267. The molecule has 1 rings (SSSR count). The number of rotatable bonds is 3. The van der Waals surface area contributed by atoms with Gasteiger partial charge in [0.1, 0.15) is 0 Å². The summed E-state index contributed by atoms with van der Waals surface area (Å²) >= 11 is 3.27. The van der Waals surface area contributed by atoms with Crippen molar-refractivity contribution in [2.24, 2.45) is 0 Å². The third kappa shape index (κ3) is 3.06. The van der Waals surface area contributed by atoms with E-state index in [0.29, 0.717) is 21.7 Å². The fourth-order valence-corrected chi connectivity index (χ4v) is 1.16. The molecule has 0 radical (unpaired) electrons. The first kappa shape index (κ1) is 11.7. The Morgan fingerprint density at radius 2 is 2.27 bits per heavy atom. The second-order valence-corrected chi connectivity index (χ2v) is 3.77. The maximum Gasteiger partial charge on any atom is 0.251 e. The van der Waals surface area contributed by atoms with Crippen molar-refractivity contribution in [3.8, 4) is 5.88 Å². The first-order chi connectivity index (χ1) is 7.04. The summed E-state index contributed by atoms with van der Waals surface area (Å²) in [5, 5.41) is 2.61. The number of carbonyl (C=O) groups excluding carboxylic acids is 1. The summed E-state index contributed by atoms with van der Waals surface area (Å²) in [6.07, 6.45) is 0. The van der Waals surface area contributed by atoms with Crippen LogP contribution < -0.4 is 10.1 Å². The van der Waals surface area contributed by atoms with Crippen molar-refractivity contribution in [3.63, 3.8) is 0 Å². The fourth-order valence-electron chi connectivity index (χ4n) is 0.840. The Bertz CT molecular complexity index is 404.